The largest absolute Gasteiger partial charge is 0.417 e. The molecular weight excluding hydrogens is 373 g/mol. The van der Waals surface area contributed by atoms with Gasteiger partial charge in [-0.3, -0.25) is 4.79 Å². The lowest BCUT2D eigenvalue weighted by molar-refractivity contribution is -0.137. The maximum atomic E-state index is 12.6. The molecule has 0 saturated carbocycles. The number of ether oxygens (including phenoxy) is 1. The van der Waals surface area contributed by atoms with Crippen molar-refractivity contribution in [2.24, 2.45) is 11.7 Å². The summed E-state index contributed by atoms with van der Waals surface area (Å²) in [5, 5.41) is 5.69. The molecule has 1 aliphatic rings. The van der Waals surface area contributed by atoms with Crippen LogP contribution in [0.15, 0.2) is 42.6 Å². The van der Waals surface area contributed by atoms with Crippen molar-refractivity contribution in [3.05, 3.63) is 48.2 Å². The maximum absolute atomic E-state index is 12.6. The van der Waals surface area contributed by atoms with E-state index in [1.807, 2.05) is 0 Å². The molecule has 1 aromatic heterocycles. The summed E-state index contributed by atoms with van der Waals surface area (Å²) in [6.45, 7) is 1.23. The fourth-order valence-electron chi connectivity index (χ4n) is 2.93. The summed E-state index contributed by atoms with van der Waals surface area (Å²) in [5.41, 5.74) is 6.44. The van der Waals surface area contributed by atoms with Crippen molar-refractivity contribution in [1.82, 2.24) is 4.98 Å². The van der Waals surface area contributed by atoms with Gasteiger partial charge in [0.15, 0.2) is 0 Å². The molecule has 1 aliphatic heterocycles. The van der Waals surface area contributed by atoms with Crippen LogP contribution in [0.1, 0.15) is 18.4 Å². The highest BCUT2D eigenvalue weighted by Crippen LogP contribution is 2.29. The number of hydrogen-bond donors (Lipinski definition) is 3. The van der Waals surface area contributed by atoms with Gasteiger partial charge in [-0.15, -0.1) is 0 Å². The molecule has 1 saturated heterocycles. The number of alkyl halides is 3. The van der Waals surface area contributed by atoms with E-state index in [1.54, 1.807) is 24.3 Å². The monoisotopic (exact) mass is 394 g/mol. The molecule has 1 unspecified atom stereocenters. The van der Waals surface area contributed by atoms with Gasteiger partial charge in [-0.05, 0) is 55.2 Å². The fourth-order valence-corrected chi connectivity index (χ4v) is 2.93. The van der Waals surface area contributed by atoms with Crippen LogP contribution >= 0.6 is 0 Å². The zero-order valence-electron chi connectivity index (χ0n) is 15.0. The molecule has 1 atom stereocenters. The number of carbonyl (C=O) groups is 1. The first-order valence-electron chi connectivity index (χ1n) is 8.87. The van der Waals surface area contributed by atoms with Gasteiger partial charge in [-0.1, -0.05) is 0 Å². The Morgan fingerprint density at radius 3 is 2.32 bits per heavy atom. The van der Waals surface area contributed by atoms with Gasteiger partial charge < -0.3 is 21.1 Å². The summed E-state index contributed by atoms with van der Waals surface area (Å²) in [7, 11) is 0. The minimum atomic E-state index is -4.42. The number of nitrogens with two attached hydrogens (primary N) is 1. The molecule has 1 fully saturated rings. The molecule has 0 bridgehead atoms. The van der Waals surface area contributed by atoms with Crippen LogP contribution in [0.5, 0.6) is 0 Å². The van der Waals surface area contributed by atoms with E-state index in [-0.39, 0.29) is 17.6 Å². The van der Waals surface area contributed by atoms with Crippen LogP contribution in [-0.2, 0) is 15.7 Å². The van der Waals surface area contributed by atoms with E-state index in [0.29, 0.717) is 24.6 Å². The molecule has 1 aromatic carbocycles. The summed E-state index contributed by atoms with van der Waals surface area (Å²) in [6.07, 6.45) is -2.12. The second-order valence-corrected chi connectivity index (χ2v) is 6.60. The number of nitrogens with one attached hydrogen (secondary N) is 2. The molecule has 9 heteroatoms. The molecule has 0 aliphatic carbocycles. The second kappa shape index (κ2) is 8.57. The number of rotatable bonds is 5. The second-order valence-electron chi connectivity index (χ2n) is 6.60. The Bertz CT molecular complexity index is 788. The topological polar surface area (TPSA) is 89.3 Å². The van der Waals surface area contributed by atoms with E-state index >= 15 is 0 Å². The van der Waals surface area contributed by atoms with E-state index in [9.17, 15) is 18.0 Å². The summed E-state index contributed by atoms with van der Waals surface area (Å²) in [6, 6.07) is 8.36. The minimum absolute atomic E-state index is 0.0976. The Morgan fingerprint density at radius 2 is 1.75 bits per heavy atom. The molecule has 28 heavy (non-hydrogen) atoms. The predicted molar refractivity (Wildman–Crippen MR) is 99.1 cm³/mol. The van der Waals surface area contributed by atoms with E-state index in [1.165, 1.54) is 6.07 Å². The van der Waals surface area contributed by atoms with E-state index in [2.05, 4.69) is 15.6 Å². The zero-order chi connectivity index (χ0) is 20.1. The van der Waals surface area contributed by atoms with Crippen molar-refractivity contribution >= 4 is 23.1 Å². The van der Waals surface area contributed by atoms with Gasteiger partial charge in [0.2, 0.25) is 5.91 Å². The summed E-state index contributed by atoms with van der Waals surface area (Å²) in [5.74, 6) is 0.128. The highest BCUT2D eigenvalue weighted by atomic mass is 19.4. The van der Waals surface area contributed by atoms with Crippen molar-refractivity contribution in [3.63, 3.8) is 0 Å². The minimum Gasteiger partial charge on any atom is -0.381 e. The van der Waals surface area contributed by atoms with Crippen LogP contribution in [0, 0.1) is 5.92 Å². The van der Waals surface area contributed by atoms with Crippen molar-refractivity contribution in [2.45, 2.75) is 25.1 Å². The van der Waals surface area contributed by atoms with E-state index in [0.717, 1.165) is 25.1 Å². The van der Waals surface area contributed by atoms with Crippen LogP contribution in [0.3, 0.4) is 0 Å². The SMILES string of the molecule is NC(C(=O)Nc1ccc(Nc2ccc(C(F)(F)F)cn2)cc1)C1CCOCC1. The first-order valence-corrected chi connectivity index (χ1v) is 8.87. The lowest BCUT2D eigenvalue weighted by Crippen LogP contribution is -2.43. The number of benzene rings is 1. The highest BCUT2D eigenvalue weighted by molar-refractivity contribution is 5.95. The summed E-state index contributed by atoms with van der Waals surface area (Å²) >= 11 is 0. The van der Waals surface area contributed by atoms with Gasteiger partial charge >= 0.3 is 6.18 Å². The number of aromatic nitrogens is 1. The molecule has 3 rings (SSSR count). The Hall–Kier alpha value is -2.65. The Balaban J connectivity index is 1.56. The number of anilines is 3. The number of nitrogens with zero attached hydrogens (tertiary/aromatic N) is 1. The normalized spacial score (nSPS) is 16.4. The molecule has 150 valence electrons. The van der Waals surface area contributed by atoms with Gasteiger partial charge in [0.1, 0.15) is 5.82 Å². The van der Waals surface area contributed by atoms with Crippen molar-refractivity contribution in [1.29, 1.82) is 0 Å². The molecule has 0 radical (unpaired) electrons. The van der Waals surface area contributed by atoms with Crippen molar-refractivity contribution < 1.29 is 22.7 Å². The average Bonchev–Trinajstić information content (AvgIpc) is 2.69. The number of carbonyl (C=O) groups excluding carboxylic acids is 1. The quantitative estimate of drug-likeness (QED) is 0.722. The third-order valence-corrected chi connectivity index (χ3v) is 4.59. The molecular formula is C19H21F3N4O2. The Morgan fingerprint density at radius 1 is 1.11 bits per heavy atom. The Labute approximate surface area is 160 Å². The first-order chi connectivity index (χ1) is 13.3. The van der Waals surface area contributed by atoms with E-state index in [4.69, 9.17) is 10.5 Å². The van der Waals surface area contributed by atoms with Gasteiger partial charge in [-0.25, -0.2) is 4.98 Å². The Kier molecular flexibility index (Phi) is 6.15. The van der Waals surface area contributed by atoms with Gasteiger partial charge in [0.05, 0.1) is 11.6 Å². The highest BCUT2D eigenvalue weighted by Gasteiger charge is 2.30. The molecule has 2 aromatic rings. The third kappa shape index (κ3) is 5.20. The van der Waals surface area contributed by atoms with Crippen molar-refractivity contribution in [3.8, 4) is 0 Å². The number of halogens is 3. The van der Waals surface area contributed by atoms with Crippen LogP contribution in [0.2, 0.25) is 0 Å². The summed E-state index contributed by atoms with van der Waals surface area (Å²) < 4.78 is 43.0. The predicted octanol–water partition coefficient (Wildman–Crippen LogP) is 3.54. The van der Waals surface area contributed by atoms with Crippen LogP contribution in [-0.4, -0.2) is 30.1 Å². The molecule has 4 N–H and O–H groups in total. The van der Waals surface area contributed by atoms with Crippen LogP contribution in [0.4, 0.5) is 30.4 Å². The lowest BCUT2D eigenvalue weighted by Gasteiger charge is -2.26. The van der Waals surface area contributed by atoms with E-state index < -0.39 is 17.8 Å². The van der Waals surface area contributed by atoms with Crippen molar-refractivity contribution in [2.75, 3.05) is 23.8 Å². The number of hydrogen-bond acceptors (Lipinski definition) is 5. The van der Waals surface area contributed by atoms with Crippen LogP contribution in [0.25, 0.3) is 0 Å². The van der Waals surface area contributed by atoms with Gasteiger partial charge in [-0.2, -0.15) is 13.2 Å². The first kappa shape index (κ1) is 20.1. The fraction of sp³-hybridized carbons (Fsp3) is 0.368. The van der Waals surface area contributed by atoms with Crippen LogP contribution < -0.4 is 16.4 Å². The standard InChI is InChI=1S/C19H21F3N4O2/c20-19(21,22)13-1-6-16(24-11-13)25-14-2-4-15(5-3-14)26-18(27)17(23)12-7-9-28-10-8-12/h1-6,11-12,17H,7-10,23H2,(H,24,25)(H,26,27). The molecule has 6 nitrogen and oxygen atoms in total. The van der Waals surface area contributed by atoms with Gasteiger partial charge in [0, 0.05) is 30.8 Å². The number of amides is 1. The third-order valence-electron chi connectivity index (χ3n) is 4.59. The smallest absolute Gasteiger partial charge is 0.381 e. The maximum Gasteiger partial charge on any atom is 0.417 e. The molecule has 1 amide bonds. The zero-order valence-corrected chi connectivity index (χ0v) is 15.0. The summed E-state index contributed by atoms with van der Waals surface area (Å²) in [4.78, 5) is 16.1. The molecule has 2 heterocycles. The lowest BCUT2D eigenvalue weighted by atomic mass is 9.92. The van der Waals surface area contributed by atoms with Gasteiger partial charge in [0.25, 0.3) is 0 Å². The average molecular weight is 394 g/mol. The molecule has 0 spiro atoms. The number of pyridine rings is 1.